The van der Waals surface area contributed by atoms with E-state index in [9.17, 15) is 13.2 Å². The summed E-state index contributed by atoms with van der Waals surface area (Å²) in [5, 5.41) is 0. The molecule has 0 radical (unpaired) electrons. The maximum Gasteiger partial charge on any atom is 0.248 e. The smallest absolute Gasteiger partial charge is 0.248 e. The number of rotatable bonds is 4. The summed E-state index contributed by atoms with van der Waals surface area (Å²) in [5.41, 5.74) is 7.52. The van der Waals surface area contributed by atoms with Crippen LogP contribution in [0.5, 0.6) is 0 Å². The van der Waals surface area contributed by atoms with Crippen LogP contribution in [-0.4, -0.2) is 14.3 Å². The first-order chi connectivity index (χ1) is 10.5. The highest BCUT2D eigenvalue weighted by Gasteiger charge is 2.29. The highest BCUT2D eigenvalue weighted by molar-refractivity contribution is 7.89. The Morgan fingerprint density at radius 2 is 1.82 bits per heavy atom. The van der Waals surface area contributed by atoms with Crippen molar-refractivity contribution in [2.75, 3.05) is 0 Å². The molecule has 0 aliphatic heterocycles. The van der Waals surface area contributed by atoms with Crippen LogP contribution in [0.4, 0.5) is 0 Å². The van der Waals surface area contributed by atoms with Crippen molar-refractivity contribution >= 4 is 15.9 Å². The Bertz CT molecular complexity index is 817. The van der Waals surface area contributed by atoms with Crippen molar-refractivity contribution in [1.82, 2.24) is 4.72 Å². The number of amides is 1. The zero-order chi connectivity index (χ0) is 15.7. The molecule has 0 saturated carbocycles. The van der Waals surface area contributed by atoms with Gasteiger partial charge in [-0.05, 0) is 42.2 Å². The largest absolute Gasteiger partial charge is 0.366 e. The Morgan fingerprint density at radius 3 is 2.50 bits per heavy atom. The van der Waals surface area contributed by atoms with E-state index in [0.717, 1.165) is 11.1 Å². The molecule has 2 aromatic rings. The quantitative estimate of drug-likeness (QED) is 0.900. The summed E-state index contributed by atoms with van der Waals surface area (Å²) in [6, 6.07) is 13.2. The Morgan fingerprint density at radius 1 is 1.09 bits per heavy atom. The van der Waals surface area contributed by atoms with Gasteiger partial charge in [-0.2, -0.15) is 0 Å². The molecule has 3 rings (SSSR count). The lowest BCUT2D eigenvalue weighted by Crippen LogP contribution is -2.27. The number of hydrogen-bond acceptors (Lipinski definition) is 3. The first-order valence-corrected chi connectivity index (χ1v) is 8.46. The molecule has 0 fully saturated rings. The third kappa shape index (κ3) is 2.63. The lowest BCUT2D eigenvalue weighted by atomic mass is 10.0. The summed E-state index contributed by atoms with van der Waals surface area (Å²) in [5.74, 6) is -0.483. The van der Waals surface area contributed by atoms with Gasteiger partial charge in [0.15, 0.2) is 0 Å². The molecule has 3 N–H and O–H groups in total. The molecular weight excluding hydrogens is 300 g/mol. The second-order valence-electron chi connectivity index (χ2n) is 5.26. The number of benzene rings is 2. The highest BCUT2D eigenvalue weighted by Crippen LogP contribution is 2.34. The lowest BCUT2D eigenvalue weighted by Gasteiger charge is -2.15. The predicted octanol–water partition coefficient (Wildman–Crippen LogP) is 1.75. The zero-order valence-corrected chi connectivity index (χ0v) is 12.6. The van der Waals surface area contributed by atoms with E-state index < -0.39 is 15.9 Å². The molecule has 5 nitrogen and oxygen atoms in total. The number of hydrogen-bond donors (Lipinski definition) is 2. The van der Waals surface area contributed by atoms with Gasteiger partial charge in [-0.15, -0.1) is 0 Å². The number of carbonyl (C=O) groups excluding carboxylic acids is 1. The van der Waals surface area contributed by atoms with E-state index in [-0.39, 0.29) is 10.9 Å². The summed E-state index contributed by atoms with van der Waals surface area (Å²) in [4.78, 5) is 11.7. The predicted molar refractivity (Wildman–Crippen MR) is 82.8 cm³/mol. The Balaban J connectivity index is 1.92. The summed E-state index contributed by atoms with van der Waals surface area (Å²) >= 11 is 0. The summed E-state index contributed by atoms with van der Waals surface area (Å²) < 4.78 is 27.5. The standard InChI is InChI=1S/C16H16N2O3S/c17-16(19)14-8-4-7-13-12(14)9-10-15(13)18-22(20,21)11-5-2-1-3-6-11/h1-8,15,18H,9-10H2,(H2,17,19). The molecule has 0 bridgehead atoms. The Kier molecular flexibility index (Phi) is 3.72. The highest BCUT2D eigenvalue weighted by atomic mass is 32.2. The maximum absolute atomic E-state index is 12.4. The number of fused-ring (bicyclic) bond motifs is 1. The van der Waals surface area contributed by atoms with Crippen molar-refractivity contribution in [2.45, 2.75) is 23.8 Å². The van der Waals surface area contributed by atoms with Crippen LogP contribution in [0.25, 0.3) is 0 Å². The fourth-order valence-electron chi connectivity index (χ4n) is 2.86. The molecule has 1 aliphatic carbocycles. The van der Waals surface area contributed by atoms with E-state index >= 15 is 0 Å². The zero-order valence-electron chi connectivity index (χ0n) is 11.8. The van der Waals surface area contributed by atoms with Crippen LogP contribution >= 0.6 is 0 Å². The second kappa shape index (κ2) is 5.55. The van der Waals surface area contributed by atoms with E-state index in [1.165, 1.54) is 0 Å². The summed E-state index contributed by atoms with van der Waals surface area (Å²) in [7, 11) is -3.59. The van der Waals surface area contributed by atoms with Crippen molar-refractivity contribution < 1.29 is 13.2 Å². The summed E-state index contributed by atoms with van der Waals surface area (Å²) in [6.07, 6.45) is 1.25. The molecule has 22 heavy (non-hydrogen) atoms. The van der Waals surface area contributed by atoms with Crippen LogP contribution in [0.15, 0.2) is 53.4 Å². The molecule has 1 aliphatic rings. The molecule has 0 spiro atoms. The van der Waals surface area contributed by atoms with Crippen molar-refractivity contribution in [3.8, 4) is 0 Å². The van der Waals surface area contributed by atoms with Crippen molar-refractivity contribution in [3.05, 3.63) is 65.2 Å². The fraction of sp³-hybridized carbons (Fsp3) is 0.188. The minimum atomic E-state index is -3.59. The average Bonchev–Trinajstić information content (AvgIpc) is 2.90. The van der Waals surface area contributed by atoms with Gasteiger partial charge in [-0.1, -0.05) is 30.3 Å². The first kappa shape index (κ1) is 14.7. The minimum Gasteiger partial charge on any atom is -0.366 e. The van der Waals surface area contributed by atoms with Gasteiger partial charge in [-0.25, -0.2) is 13.1 Å². The van der Waals surface area contributed by atoms with Gasteiger partial charge in [0.05, 0.1) is 4.90 Å². The van der Waals surface area contributed by atoms with Gasteiger partial charge in [0.1, 0.15) is 0 Å². The number of carbonyl (C=O) groups is 1. The van der Waals surface area contributed by atoms with Crippen molar-refractivity contribution in [2.24, 2.45) is 5.73 Å². The van der Waals surface area contributed by atoms with E-state index in [4.69, 9.17) is 5.73 Å². The Hall–Kier alpha value is -2.18. The molecule has 0 saturated heterocycles. The number of nitrogens with one attached hydrogen (secondary N) is 1. The molecule has 1 atom stereocenters. The van der Waals surface area contributed by atoms with Gasteiger partial charge < -0.3 is 5.73 Å². The normalized spacial score (nSPS) is 17.2. The third-order valence-electron chi connectivity index (χ3n) is 3.89. The first-order valence-electron chi connectivity index (χ1n) is 6.98. The van der Waals surface area contributed by atoms with Gasteiger partial charge in [0, 0.05) is 11.6 Å². The number of primary amides is 1. The molecule has 0 aromatic heterocycles. The van der Waals surface area contributed by atoms with E-state index in [2.05, 4.69) is 4.72 Å². The van der Waals surface area contributed by atoms with Crippen LogP contribution in [0.3, 0.4) is 0 Å². The van der Waals surface area contributed by atoms with Crippen molar-refractivity contribution in [1.29, 1.82) is 0 Å². The van der Waals surface area contributed by atoms with Gasteiger partial charge in [0.2, 0.25) is 15.9 Å². The topological polar surface area (TPSA) is 89.3 Å². The second-order valence-corrected chi connectivity index (χ2v) is 6.98. The number of sulfonamides is 1. The van der Waals surface area contributed by atoms with Gasteiger partial charge in [0.25, 0.3) is 0 Å². The Labute approximate surface area is 129 Å². The van der Waals surface area contributed by atoms with Crippen LogP contribution in [0.1, 0.15) is 33.9 Å². The monoisotopic (exact) mass is 316 g/mol. The molecule has 114 valence electrons. The van der Waals surface area contributed by atoms with Gasteiger partial charge >= 0.3 is 0 Å². The molecule has 1 amide bonds. The lowest BCUT2D eigenvalue weighted by molar-refractivity contribution is 0.0999. The van der Waals surface area contributed by atoms with Crippen LogP contribution in [0.2, 0.25) is 0 Å². The fourth-order valence-corrected chi connectivity index (χ4v) is 4.13. The maximum atomic E-state index is 12.4. The van der Waals surface area contributed by atoms with E-state index in [0.29, 0.717) is 18.4 Å². The average molecular weight is 316 g/mol. The third-order valence-corrected chi connectivity index (χ3v) is 5.37. The molecule has 0 heterocycles. The molecular formula is C16H16N2O3S. The number of nitrogens with two attached hydrogens (primary N) is 1. The van der Waals surface area contributed by atoms with Crippen molar-refractivity contribution in [3.63, 3.8) is 0 Å². The summed E-state index contributed by atoms with van der Waals surface area (Å²) in [6.45, 7) is 0. The molecule has 6 heteroatoms. The van der Waals surface area contributed by atoms with Crippen LogP contribution < -0.4 is 10.5 Å². The van der Waals surface area contributed by atoms with Crippen LogP contribution in [-0.2, 0) is 16.4 Å². The van der Waals surface area contributed by atoms with E-state index in [1.54, 1.807) is 42.5 Å². The molecule has 2 aromatic carbocycles. The van der Waals surface area contributed by atoms with Crippen LogP contribution in [0, 0.1) is 0 Å². The minimum absolute atomic E-state index is 0.231. The molecule has 1 unspecified atom stereocenters. The SMILES string of the molecule is NC(=O)c1cccc2c1CCC2NS(=O)(=O)c1ccccc1. The van der Waals surface area contributed by atoms with Gasteiger partial charge in [-0.3, -0.25) is 4.79 Å². The van der Waals surface area contributed by atoms with E-state index in [1.807, 2.05) is 6.07 Å².